The average molecular weight is 540 g/mol. The SMILES string of the molecule is CC(=O)OC[C@H]1O[C@@H](c2ccc(C#N)c(COc3ccccc3)c2)[C@H](OC(C)=O)[C@@H](OC(C)=O)[C@@H]1OC(C)=O. The summed E-state index contributed by atoms with van der Waals surface area (Å²) >= 11 is 0. The van der Waals surface area contributed by atoms with Crippen molar-refractivity contribution in [2.45, 2.75) is 64.8 Å². The van der Waals surface area contributed by atoms with Crippen LogP contribution >= 0.6 is 0 Å². The number of rotatable bonds is 9. The molecule has 1 aliphatic rings. The minimum Gasteiger partial charge on any atom is -0.489 e. The Morgan fingerprint density at radius 2 is 1.44 bits per heavy atom. The van der Waals surface area contributed by atoms with E-state index in [1.54, 1.807) is 30.3 Å². The van der Waals surface area contributed by atoms with Gasteiger partial charge in [0, 0.05) is 33.3 Å². The van der Waals surface area contributed by atoms with Gasteiger partial charge >= 0.3 is 23.9 Å². The van der Waals surface area contributed by atoms with Crippen LogP contribution in [0.3, 0.4) is 0 Å². The summed E-state index contributed by atoms with van der Waals surface area (Å²) in [4.78, 5) is 47.7. The van der Waals surface area contributed by atoms with Crippen LogP contribution in [-0.2, 0) is 49.5 Å². The number of ether oxygens (including phenoxy) is 6. The Morgan fingerprint density at radius 1 is 0.821 bits per heavy atom. The van der Waals surface area contributed by atoms with E-state index in [0.717, 1.165) is 13.8 Å². The third-order valence-corrected chi connectivity index (χ3v) is 5.71. The van der Waals surface area contributed by atoms with E-state index in [1.807, 2.05) is 18.2 Å². The van der Waals surface area contributed by atoms with E-state index in [9.17, 15) is 24.4 Å². The van der Waals surface area contributed by atoms with Crippen LogP contribution in [0.1, 0.15) is 50.5 Å². The molecule has 0 aliphatic carbocycles. The van der Waals surface area contributed by atoms with Crippen LogP contribution in [0.5, 0.6) is 5.75 Å². The van der Waals surface area contributed by atoms with E-state index >= 15 is 0 Å². The zero-order chi connectivity index (χ0) is 28.5. The largest absolute Gasteiger partial charge is 0.489 e. The Hall–Kier alpha value is -4.43. The molecule has 0 unspecified atom stereocenters. The lowest BCUT2D eigenvalue weighted by molar-refractivity contribution is -0.254. The fourth-order valence-electron chi connectivity index (χ4n) is 4.19. The minimum atomic E-state index is -1.30. The van der Waals surface area contributed by atoms with Gasteiger partial charge in [-0.2, -0.15) is 5.26 Å². The Morgan fingerprint density at radius 3 is 2.03 bits per heavy atom. The summed E-state index contributed by atoms with van der Waals surface area (Å²) in [5, 5.41) is 9.65. The molecule has 1 aliphatic heterocycles. The van der Waals surface area contributed by atoms with Crippen LogP contribution < -0.4 is 4.74 Å². The Kier molecular flexibility index (Phi) is 10.0. The first-order valence-corrected chi connectivity index (χ1v) is 12.1. The van der Waals surface area contributed by atoms with Gasteiger partial charge in [-0.3, -0.25) is 19.2 Å². The molecule has 206 valence electrons. The van der Waals surface area contributed by atoms with Gasteiger partial charge in [0.1, 0.15) is 31.2 Å². The quantitative estimate of drug-likeness (QED) is 0.342. The second-order valence-electron chi connectivity index (χ2n) is 8.75. The first kappa shape index (κ1) is 29.1. The molecule has 2 aromatic carbocycles. The average Bonchev–Trinajstić information content (AvgIpc) is 2.88. The summed E-state index contributed by atoms with van der Waals surface area (Å²) in [6.45, 7) is 4.39. The molecule has 0 N–H and O–H groups in total. The first-order valence-electron chi connectivity index (χ1n) is 12.1. The molecule has 2 aromatic rings. The van der Waals surface area contributed by atoms with Crippen molar-refractivity contribution >= 4 is 23.9 Å². The Labute approximate surface area is 225 Å². The van der Waals surface area contributed by atoms with E-state index in [4.69, 9.17) is 28.4 Å². The highest BCUT2D eigenvalue weighted by atomic mass is 16.7. The topological polar surface area (TPSA) is 147 Å². The maximum absolute atomic E-state index is 12.1. The van der Waals surface area contributed by atoms with Crippen LogP contribution in [0.15, 0.2) is 48.5 Å². The zero-order valence-electron chi connectivity index (χ0n) is 21.9. The minimum absolute atomic E-state index is 0.0476. The summed E-state index contributed by atoms with van der Waals surface area (Å²) < 4.78 is 33.6. The maximum Gasteiger partial charge on any atom is 0.303 e. The number of carbonyl (C=O) groups is 4. The van der Waals surface area contributed by atoms with E-state index in [0.29, 0.717) is 22.4 Å². The number of para-hydroxylation sites is 1. The molecular weight excluding hydrogens is 510 g/mol. The standard InChI is InChI=1S/C28H29NO10/c1-16(30)34-15-24-26(36-17(2)31)28(38-19(4)33)27(37-18(3)32)25(39-24)20-10-11-21(13-29)22(12-20)14-35-23-8-6-5-7-9-23/h5-12,24-28H,14-15H2,1-4H3/t24-,25+,26-,27+,28+/m1/s1. The molecule has 3 rings (SSSR count). The molecule has 0 bridgehead atoms. The van der Waals surface area contributed by atoms with Gasteiger partial charge in [-0.15, -0.1) is 0 Å². The van der Waals surface area contributed by atoms with Gasteiger partial charge in [-0.05, 0) is 29.8 Å². The van der Waals surface area contributed by atoms with E-state index < -0.39 is 54.4 Å². The monoisotopic (exact) mass is 539 g/mol. The van der Waals surface area contributed by atoms with Crippen molar-refractivity contribution in [3.8, 4) is 11.8 Å². The molecular formula is C28H29NO10. The number of carbonyl (C=O) groups excluding carboxylic acids is 4. The number of hydrogen-bond acceptors (Lipinski definition) is 11. The van der Waals surface area contributed by atoms with Crippen molar-refractivity contribution in [1.82, 2.24) is 0 Å². The van der Waals surface area contributed by atoms with Gasteiger partial charge in [0.2, 0.25) is 0 Å². The molecule has 0 amide bonds. The predicted octanol–water partition coefficient (Wildman–Crippen LogP) is 2.94. The lowest BCUT2D eigenvalue weighted by Crippen LogP contribution is -2.59. The second kappa shape index (κ2) is 13.4. The molecule has 0 radical (unpaired) electrons. The van der Waals surface area contributed by atoms with Crippen molar-refractivity contribution < 1.29 is 47.6 Å². The lowest BCUT2D eigenvalue weighted by Gasteiger charge is -2.44. The Balaban J connectivity index is 2.05. The Bertz CT molecular complexity index is 1240. The number of nitrogens with zero attached hydrogens (tertiary/aromatic N) is 1. The van der Waals surface area contributed by atoms with Crippen molar-refractivity contribution in [1.29, 1.82) is 5.26 Å². The third kappa shape index (κ3) is 8.02. The predicted molar refractivity (Wildman–Crippen MR) is 133 cm³/mol. The number of benzene rings is 2. The summed E-state index contributed by atoms with van der Waals surface area (Å²) in [5.74, 6) is -2.15. The highest BCUT2D eigenvalue weighted by molar-refractivity contribution is 5.69. The normalized spacial score (nSPS) is 22.1. The summed E-state index contributed by atoms with van der Waals surface area (Å²) in [5.41, 5.74) is 1.32. The van der Waals surface area contributed by atoms with Crippen LogP contribution in [0, 0.1) is 11.3 Å². The van der Waals surface area contributed by atoms with Crippen LogP contribution in [-0.4, -0.2) is 54.9 Å². The van der Waals surface area contributed by atoms with Crippen molar-refractivity contribution in [2.24, 2.45) is 0 Å². The van der Waals surface area contributed by atoms with Gasteiger partial charge in [0.05, 0.1) is 11.6 Å². The van der Waals surface area contributed by atoms with Crippen molar-refractivity contribution in [3.05, 3.63) is 65.2 Å². The highest BCUT2D eigenvalue weighted by Crippen LogP contribution is 2.38. The molecule has 1 heterocycles. The third-order valence-electron chi connectivity index (χ3n) is 5.71. The molecule has 0 saturated carbocycles. The van der Waals surface area contributed by atoms with Crippen LogP contribution in [0.25, 0.3) is 0 Å². The van der Waals surface area contributed by atoms with E-state index in [-0.39, 0.29) is 13.2 Å². The van der Waals surface area contributed by atoms with Crippen LogP contribution in [0.4, 0.5) is 0 Å². The smallest absolute Gasteiger partial charge is 0.303 e. The van der Waals surface area contributed by atoms with Gasteiger partial charge in [-0.25, -0.2) is 0 Å². The fourth-order valence-corrected chi connectivity index (χ4v) is 4.19. The molecule has 11 heteroatoms. The molecule has 0 spiro atoms. The molecule has 0 aromatic heterocycles. The van der Waals surface area contributed by atoms with Crippen molar-refractivity contribution in [2.75, 3.05) is 6.61 Å². The summed E-state index contributed by atoms with van der Waals surface area (Å²) in [7, 11) is 0. The van der Waals surface area contributed by atoms with Crippen molar-refractivity contribution in [3.63, 3.8) is 0 Å². The summed E-state index contributed by atoms with van der Waals surface area (Å²) in [6, 6.07) is 16.0. The summed E-state index contributed by atoms with van der Waals surface area (Å²) in [6.07, 6.45) is -5.95. The van der Waals surface area contributed by atoms with Gasteiger partial charge < -0.3 is 28.4 Å². The molecule has 5 atom stereocenters. The number of hydrogen-bond donors (Lipinski definition) is 0. The highest BCUT2D eigenvalue weighted by Gasteiger charge is 2.52. The maximum atomic E-state index is 12.1. The van der Waals surface area contributed by atoms with Gasteiger partial charge in [-0.1, -0.05) is 24.3 Å². The van der Waals surface area contributed by atoms with Gasteiger partial charge in [0.15, 0.2) is 18.3 Å². The molecule has 11 nitrogen and oxygen atoms in total. The number of esters is 4. The molecule has 1 saturated heterocycles. The fraction of sp³-hybridized carbons (Fsp3) is 0.393. The second-order valence-corrected chi connectivity index (χ2v) is 8.75. The van der Waals surface area contributed by atoms with E-state index in [2.05, 4.69) is 6.07 Å². The first-order chi connectivity index (χ1) is 18.6. The van der Waals surface area contributed by atoms with Gasteiger partial charge in [0.25, 0.3) is 0 Å². The lowest BCUT2D eigenvalue weighted by atomic mass is 9.89. The molecule has 1 fully saturated rings. The number of nitriles is 1. The van der Waals surface area contributed by atoms with E-state index in [1.165, 1.54) is 13.8 Å². The zero-order valence-corrected chi connectivity index (χ0v) is 21.9. The van der Waals surface area contributed by atoms with Crippen LogP contribution in [0.2, 0.25) is 0 Å². The molecule has 39 heavy (non-hydrogen) atoms.